The van der Waals surface area contributed by atoms with Crippen molar-refractivity contribution >= 4 is 0 Å². The maximum absolute atomic E-state index is 5.20. The first-order valence-electron chi connectivity index (χ1n) is 7.58. The summed E-state index contributed by atoms with van der Waals surface area (Å²) in [6, 6.07) is 4.85. The zero-order chi connectivity index (χ0) is 14.8. The lowest BCUT2D eigenvalue weighted by atomic mass is 10.2. The van der Waals surface area contributed by atoms with Crippen molar-refractivity contribution in [2.24, 2.45) is 0 Å². The van der Waals surface area contributed by atoms with Crippen LogP contribution >= 0.6 is 0 Å². The summed E-state index contributed by atoms with van der Waals surface area (Å²) in [5.74, 6) is 0. The first kappa shape index (κ1) is 17.1. The number of nitrogens with one attached hydrogen (secondary N) is 1. The molecule has 1 atom stereocenters. The van der Waals surface area contributed by atoms with Crippen LogP contribution in [-0.4, -0.2) is 42.7 Å². The van der Waals surface area contributed by atoms with Crippen LogP contribution in [0.4, 0.5) is 0 Å². The Kier molecular flexibility index (Phi) is 8.42. The number of hydrogen-bond acceptors (Lipinski definition) is 4. The highest BCUT2D eigenvalue weighted by Gasteiger charge is 2.12. The molecule has 1 aromatic rings. The first-order valence-corrected chi connectivity index (χ1v) is 7.58. The molecule has 1 N–H and O–H groups in total. The fourth-order valence-corrected chi connectivity index (χ4v) is 2.05. The Morgan fingerprint density at radius 3 is 2.70 bits per heavy atom. The largest absolute Gasteiger partial charge is 0.383 e. The van der Waals surface area contributed by atoms with E-state index in [0.717, 1.165) is 44.9 Å². The van der Waals surface area contributed by atoms with Crippen molar-refractivity contribution in [3.05, 3.63) is 29.6 Å². The van der Waals surface area contributed by atoms with Gasteiger partial charge in [0.25, 0.3) is 0 Å². The van der Waals surface area contributed by atoms with Gasteiger partial charge in [0, 0.05) is 39.0 Å². The molecule has 0 aliphatic rings. The van der Waals surface area contributed by atoms with Gasteiger partial charge in [0.15, 0.2) is 0 Å². The number of rotatable bonds is 10. The molecule has 0 aliphatic carbocycles. The van der Waals surface area contributed by atoms with Crippen LogP contribution in [0, 0.1) is 0 Å². The normalized spacial score (nSPS) is 12.8. The fraction of sp³-hybridized carbons (Fsp3) is 0.688. The summed E-state index contributed by atoms with van der Waals surface area (Å²) in [7, 11) is 1.75. The van der Waals surface area contributed by atoms with Gasteiger partial charge in [0.1, 0.15) is 0 Å². The molecule has 0 radical (unpaired) electrons. The summed E-state index contributed by atoms with van der Waals surface area (Å²) >= 11 is 0. The van der Waals surface area contributed by atoms with Crippen molar-refractivity contribution < 1.29 is 4.74 Å². The molecule has 1 aromatic heterocycles. The van der Waals surface area contributed by atoms with Crippen LogP contribution in [0.2, 0.25) is 0 Å². The molecule has 0 aromatic carbocycles. The van der Waals surface area contributed by atoms with E-state index in [1.165, 1.54) is 5.56 Å². The van der Waals surface area contributed by atoms with Gasteiger partial charge >= 0.3 is 0 Å². The van der Waals surface area contributed by atoms with E-state index in [-0.39, 0.29) is 0 Å². The molecular weight excluding hydrogens is 250 g/mol. The molecule has 0 amide bonds. The van der Waals surface area contributed by atoms with Crippen LogP contribution in [0.1, 0.15) is 38.4 Å². The third kappa shape index (κ3) is 5.99. The highest BCUT2D eigenvalue weighted by Crippen LogP contribution is 2.09. The van der Waals surface area contributed by atoms with Crippen molar-refractivity contribution in [2.75, 3.05) is 26.8 Å². The molecule has 1 rings (SSSR count). The minimum absolute atomic E-state index is 0.549. The van der Waals surface area contributed by atoms with Crippen molar-refractivity contribution in [1.29, 1.82) is 0 Å². The third-order valence-corrected chi connectivity index (χ3v) is 3.63. The van der Waals surface area contributed by atoms with E-state index < -0.39 is 0 Å². The smallest absolute Gasteiger partial charge is 0.0589 e. The molecule has 20 heavy (non-hydrogen) atoms. The predicted molar refractivity (Wildman–Crippen MR) is 83.7 cm³/mol. The van der Waals surface area contributed by atoms with Gasteiger partial charge in [-0.05, 0) is 31.5 Å². The highest BCUT2D eigenvalue weighted by molar-refractivity contribution is 5.14. The first-order chi connectivity index (χ1) is 9.71. The van der Waals surface area contributed by atoms with Gasteiger partial charge in [-0.25, -0.2) is 0 Å². The molecule has 114 valence electrons. The molecule has 1 unspecified atom stereocenters. The molecule has 1 heterocycles. The third-order valence-electron chi connectivity index (χ3n) is 3.63. The van der Waals surface area contributed by atoms with Crippen LogP contribution in [0.25, 0.3) is 0 Å². The molecule has 0 saturated carbocycles. The van der Waals surface area contributed by atoms with Crippen molar-refractivity contribution in [3.8, 4) is 0 Å². The Balaban J connectivity index is 2.58. The van der Waals surface area contributed by atoms with E-state index in [2.05, 4.69) is 48.1 Å². The summed E-state index contributed by atoms with van der Waals surface area (Å²) in [6.07, 6.45) is 3.12. The second-order valence-electron chi connectivity index (χ2n) is 5.16. The average Bonchev–Trinajstić information content (AvgIpc) is 2.49. The van der Waals surface area contributed by atoms with Crippen LogP contribution in [0.15, 0.2) is 18.3 Å². The molecule has 0 aliphatic heterocycles. The lowest BCUT2D eigenvalue weighted by Crippen LogP contribution is -2.35. The lowest BCUT2D eigenvalue weighted by molar-refractivity contribution is 0.117. The maximum atomic E-state index is 5.20. The van der Waals surface area contributed by atoms with E-state index in [1.54, 1.807) is 7.11 Å². The summed E-state index contributed by atoms with van der Waals surface area (Å²) in [5.41, 5.74) is 2.37. The summed E-state index contributed by atoms with van der Waals surface area (Å²) in [5, 5.41) is 3.31. The zero-order valence-electron chi connectivity index (χ0n) is 13.4. The van der Waals surface area contributed by atoms with Gasteiger partial charge in [-0.15, -0.1) is 0 Å². The summed E-state index contributed by atoms with van der Waals surface area (Å²) in [6.45, 7) is 11.1. The van der Waals surface area contributed by atoms with E-state index in [1.807, 2.05) is 6.20 Å². The molecule has 0 spiro atoms. The fourth-order valence-electron chi connectivity index (χ4n) is 2.05. The Morgan fingerprint density at radius 2 is 2.15 bits per heavy atom. The minimum Gasteiger partial charge on any atom is -0.383 e. The van der Waals surface area contributed by atoms with Gasteiger partial charge in [-0.3, -0.25) is 9.88 Å². The standard InChI is InChI=1S/C16H29N3O/c1-5-14(3)19(9-10-20-4)13-16-8-7-15(12-18-16)11-17-6-2/h7-8,12,14,17H,5-6,9-11,13H2,1-4H3. The van der Waals surface area contributed by atoms with Crippen molar-refractivity contribution in [1.82, 2.24) is 15.2 Å². The Bertz CT molecular complexity index is 353. The number of nitrogens with zero attached hydrogens (tertiary/aromatic N) is 2. The van der Waals surface area contributed by atoms with E-state index in [4.69, 9.17) is 4.74 Å². The molecule has 4 heteroatoms. The van der Waals surface area contributed by atoms with E-state index in [9.17, 15) is 0 Å². The van der Waals surface area contributed by atoms with Gasteiger partial charge < -0.3 is 10.1 Å². The quantitative estimate of drug-likeness (QED) is 0.714. The van der Waals surface area contributed by atoms with Gasteiger partial charge in [0.2, 0.25) is 0 Å². The molecule has 0 saturated heterocycles. The summed E-state index contributed by atoms with van der Waals surface area (Å²) in [4.78, 5) is 7.00. The minimum atomic E-state index is 0.549. The Hall–Kier alpha value is -0.970. The van der Waals surface area contributed by atoms with Crippen LogP contribution in [0.3, 0.4) is 0 Å². The van der Waals surface area contributed by atoms with Crippen LogP contribution in [0.5, 0.6) is 0 Å². The Morgan fingerprint density at radius 1 is 1.35 bits per heavy atom. The van der Waals surface area contributed by atoms with E-state index >= 15 is 0 Å². The number of ether oxygens (including phenoxy) is 1. The molecule has 0 bridgehead atoms. The van der Waals surface area contributed by atoms with Gasteiger partial charge in [0.05, 0.1) is 12.3 Å². The SMILES string of the molecule is CCNCc1ccc(CN(CCOC)C(C)CC)nc1. The predicted octanol–water partition coefficient (Wildman–Crippen LogP) is 2.44. The number of aromatic nitrogens is 1. The second-order valence-corrected chi connectivity index (χ2v) is 5.16. The van der Waals surface area contributed by atoms with E-state index in [0.29, 0.717) is 6.04 Å². The second kappa shape index (κ2) is 9.86. The highest BCUT2D eigenvalue weighted by atomic mass is 16.5. The van der Waals surface area contributed by atoms with Gasteiger partial charge in [-0.2, -0.15) is 0 Å². The number of methoxy groups -OCH3 is 1. The Labute approximate surface area is 123 Å². The maximum Gasteiger partial charge on any atom is 0.0589 e. The molecule has 0 fully saturated rings. The zero-order valence-corrected chi connectivity index (χ0v) is 13.4. The lowest BCUT2D eigenvalue weighted by Gasteiger charge is -2.27. The number of hydrogen-bond donors (Lipinski definition) is 1. The summed E-state index contributed by atoms with van der Waals surface area (Å²) < 4.78 is 5.20. The molecular formula is C16H29N3O. The van der Waals surface area contributed by atoms with Crippen molar-refractivity contribution in [2.45, 2.75) is 46.3 Å². The van der Waals surface area contributed by atoms with Crippen molar-refractivity contribution in [3.63, 3.8) is 0 Å². The monoisotopic (exact) mass is 279 g/mol. The topological polar surface area (TPSA) is 37.4 Å². The molecule has 4 nitrogen and oxygen atoms in total. The average molecular weight is 279 g/mol. The van der Waals surface area contributed by atoms with Crippen LogP contribution in [-0.2, 0) is 17.8 Å². The van der Waals surface area contributed by atoms with Crippen LogP contribution < -0.4 is 5.32 Å². The van der Waals surface area contributed by atoms with Gasteiger partial charge in [-0.1, -0.05) is 19.9 Å². The number of pyridine rings is 1.